The predicted molar refractivity (Wildman–Crippen MR) is 90.5 cm³/mol. The summed E-state index contributed by atoms with van der Waals surface area (Å²) in [4.78, 5) is 4.50. The molecule has 1 atom stereocenters. The van der Waals surface area contributed by atoms with Crippen LogP contribution in [0, 0.1) is 6.92 Å². The minimum atomic E-state index is 0.224. The maximum Gasteiger partial charge on any atom is 0.0809 e. The Morgan fingerprint density at radius 2 is 2.15 bits per heavy atom. The molecule has 0 spiro atoms. The van der Waals surface area contributed by atoms with Crippen LogP contribution in [-0.4, -0.2) is 4.98 Å². The van der Waals surface area contributed by atoms with Gasteiger partial charge in [-0.3, -0.25) is 4.98 Å². The summed E-state index contributed by atoms with van der Waals surface area (Å²) in [5.74, 6) is 0. The highest BCUT2D eigenvalue weighted by atomic mass is 79.9. The van der Waals surface area contributed by atoms with Crippen LogP contribution in [0.3, 0.4) is 0 Å². The molecule has 20 heavy (non-hydrogen) atoms. The molecule has 3 aromatic rings. The molecule has 1 unspecified atom stereocenters. The Balaban J connectivity index is 1.88. The number of rotatable bonds is 3. The fraction of sp³-hybridized carbons (Fsp3) is 0.188. The summed E-state index contributed by atoms with van der Waals surface area (Å²) < 4.78 is 2.36. The molecule has 2 heterocycles. The maximum absolute atomic E-state index is 4.50. The number of nitrogens with one attached hydrogen (secondary N) is 1. The van der Waals surface area contributed by atoms with Gasteiger partial charge in [0.15, 0.2) is 0 Å². The molecule has 0 aliphatic rings. The lowest BCUT2D eigenvalue weighted by Crippen LogP contribution is -2.08. The Bertz CT molecular complexity index is 751. The number of benzene rings is 1. The molecule has 4 heteroatoms. The molecule has 3 rings (SSSR count). The summed E-state index contributed by atoms with van der Waals surface area (Å²) in [5.41, 5.74) is 4.66. The topological polar surface area (TPSA) is 24.9 Å². The molecule has 0 radical (unpaired) electrons. The molecular weight excluding hydrogens is 332 g/mol. The highest BCUT2D eigenvalue weighted by Gasteiger charge is 2.09. The van der Waals surface area contributed by atoms with Gasteiger partial charge in [0.25, 0.3) is 0 Å². The van der Waals surface area contributed by atoms with E-state index in [0.29, 0.717) is 0 Å². The Morgan fingerprint density at radius 1 is 1.30 bits per heavy atom. The van der Waals surface area contributed by atoms with Crippen molar-refractivity contribution in [3.05, 3.63) is 57.5 Å². The Morgan fingerprint density at radius 3 is 3.00 bits per heavy atom. The van der Waals surface area contributed by atoms with Crippen molar-refractivity contribution in [1.82, 2.24) is 4.98 Å². The quantitative estimate of drug-likeness (QED) is 0.673. The van der Waals surface area contributed by atoms with E-state index in [1.807, 2.05) is 12.3 Å². The van der Waals surface area contributed by atoms with Crippen LogP contribution in [0.25, 0.3) is 10.2 Å². The molecule has 102 valence electrons. The van der Waals surface area contributed by atoms with Gasteiger partial charge in [0.2, 0.25) is 0 Å². The number of hydrogen-bond donors (Lipinski definition) is 1. The van der Waals surface area contributed by atoms with E-state index in [-0.39, 0.29) is 6.04 Å². The highest BCUT2D eigenvalue weighted by molar-refractivity contribution is 9.10. The lowest BCUT2D eigenvalue weighted by molar-refractivity contribution is 0.878. The van der Waals surface area contributed by atoms with E-state index in [2.05, 4.69) is 69.7 Å². The second-order valence-electron chi connectivity index (χ2n) is 4.85. The summed E-state index contributed by atoms with van der Waals surface area (Å²) in [6.45, 7) is 4.27. The van der Waals surface area contributed by atoms with E-state index in [4.69, 9.17) is 0 Å². The second-order valence-corrected chi connectivity index (χ2v) is 6.65. The molecule has 2 aromatic heterocycles. The van der Waals surface area contributed by atoms with Gasteiger partial charge in [0, 0.05) is 16.4 Å². The number of fused-ring (bicyclic) bond motifs is 1. The van der Waals surface area contributed by atoms with E-state index in [1.54, 1.807) is 11.3 Å². The van der Waals surface area contributed by atoms with Gasteiger partial charge in [-0.25, -0.2) is 0 Å². The lowest BCUT2D eigenvalue weighted by Gasteiger charge is -2.18. The monoisotopic (exact) mass is 346 g/mol. The van der Waals surface area contributed by atoms with Crippen LogP contribution in [0.1, 0.15) is 24.1 Å². The third-order valence-electron chi connectivity index (χ3n) is 3.46. The second kappa shape index (κ2) is 5.54. The molecular formula is C16H15BrN2S. The molecule has 0 saturated heterocycles. The van der Waals surface area contributed by atoms with Crippen LogP contribution >= 0.6 is 27.3 Å². The molecule has 0 aliphatic carbocycles. The van der Waals surface area contributed by atoms with Gasteiger partial charge >= 0.3 is 0 Å². The molecule has 0 bridgehead atoms. The number of thiophene rings is 1. The van der Waals surface area contributed by atoms with Crippen LogP contribution in [0.5, 0.6) is 0 Å². The molecule has 0 amide bonds. The molecule has 1 N–H and O–H groups in total. The van der Waals surface area contributed by atoms with Crippen LogP contribution in [0.15, 0.2) is 46.4 Å². The average Bonchev–Trinajstić information content (AvgIpc) is 2.91. The highest BCUT2D eigenvalue weighted by Crippen LogP contribution is 2.28. The molecule has 2 nitrogen and oxygen atoms in total. The zero-order chi connectivity index (χ0) is 14.1. The van der Waals surface area contributed by atoms with Crippen molar-refractivity contribution >= 4 is 43.2 Å². The fourth-order valence-corrected chi connectivity index (χ4v) is 3.33. The van der Waals surface area contributed by atoms with Crippen molar-refractivity contribution in [3.63, 3.8) is 0 Å². The summed E-state index contributed by atoms with van der Waals surface area (Å²) in [7, 11) is 0. The summed E-state index contributed by atoms with van der Waals surface area (Å²) in [6, 6.07) is 10.7. The first-order chi connectivity index (χ1) is 9.65. The van der Waals surface area contributed by atoms with Crippen LogP contribution < -0.4 is 5.32 Å². The number of aromatic nitrogens is 1. The first-order valence-corrected chi connectivity index (χ1v) is 8.17. The van der Waals surface area contributed by atoms with Crippen LogP contribution in [0.4, 0.5) is 5.69 Å². The SMILES string of the molecule is Cc1c(Br)cccc1NC(C)c1cnc2ccsc2c1. The minimum Gasteiger partial charge on any atom is -0.378 e. The van der Waals surface area contributed by atoms with Gasteiger partial charge in [-0.2, -0.15) is 0 Å². The zero-order valence-electron chi connectivity index (χ0n) is 11.4. The largest absolute Gasteiger partial charge is 0.378 e. The van der Waals surface area contributed by atoms with Crippen molar-refractivity contribution < 1.29 is 0 Å². The van der Waals surface area contributed by atoms with Gasteiger partial charge in [-0.1, -0.05) is 22.0 Å². The Kier molecular flexibility index (Phi) is 3.76. The van der Waals surface area contributed by atoms with E-state index < -0.39 is 0 Å². The van der Waals surface area contributed by atoms with Crippen molar-refractivity contribution in [2.24, 2.45) is 0 Å². The van der Waals surface area contributed by atoms with Gasteiger partial charge in [0.1, 0.15) is 0 Å². The zero-order valence-corrected chi connectivity index (χ0v) is 13.8. The first-order valence-electron chi connectivity index (χ1n) is 6.50. The first kappa shape index (κ1) is 13.6. The lowest BCUT2D eigenvalue weighted by atomic mass is 10.1. The minimum absolute atomic E-state index is 0.224. The predicted octanol–water partition coefficient (Wildman–Crippen LogP) is 5.54. The van der Waals surface area contributed by atoms with Crippen molar-refractivity contribution in [2.45, 2.75) is 19.9 Å². The normalized spacial score (nSPS) is 12.6. The number of pyridine rings is 1. The number of hydrogen-bond acceptors (Lipinski definition) is 3. The maximum atomic E-state index is 4.50. The third kappa shape index (κ3) is 2.58. The molecule has 0 fully saturated rings. The van der Waals surface area contributed by atoms with Crippen molar-refractivity contribution in [1.29, 1.82) is 0 Å². The summed E-state index contributed by atoms with van der Waals surface area (Å²) in [6.07, 6.45) is 1.96. The number of nitrogens with zero attached hydrogens (tertiary/aromatic N) is 1. The van der Waals surface area contributed by atoms with E-state index in [0.717, 1.165) is 15.7 Å². The standard InChI is InChI=1S/C16H15BrN2S/c1-10-13(17)4-3-5-14(10)19-11(2)12-8-16-15(18-9-12)6-7-20-16/h3-9,11,19H,1-2H3. The van der Waals surface area contributed by atoms with Gasteiger partial charge in [0.05, 0.1) is 16.3 Å². The van der Waals surface area contributed by atoms with E-state index in [9.17, 15) is 0 Å². The third-order valence-corrected chi connectivity index (χ3v) is 5.18. The Hall–Kier alpha value is -1.39. The fourth-order valence-electron chi connectivity index (χ4n) is 2.18. The van der Waals surface area contributed by atoms with Gasteiger partial charge < -0.3 is 5.32 Å². The van der Waals surface area contributed by atoms with Crippen LogP contribution in [0.2, 0.25) is 0 Å². The summed E-state index contributed by atoms with van der Waals surface area (Å²) >= 11 is 5.30. The Labute approximate surface area is 131 Å². The molecule has 0 aliphatic heterocycles. The van der Waals surface area contributed by atoms with Crippen molar-refractivity contribution in [2.75, 3.05) is 5.32 Å². The van der Waals surface area contributed by atoms with E-state index >= 15 is 0 Å². The number of halogens is 1. The summed E-state index contributed by atoms with van der Waals surface area (Å²) in [5, 5.41) is 5.64. The molecule has 0 saturated carbocycles. The number of anilines is 1. The van der Waals surface area contributed by atoms with Gasteiger partial charge in [-0.05, 0) is 54.6 Å². The smallest absolute Gasteiger partial charge is 0.0809 e. The average molecular weight is 347 g/mol. The van der Waals surface area contributed by atoms with Crippen LogP contribution in [-0.2, 0) is 0 Å². The van der Waals surface area contributed by atoms with Gasteiger partial charge in [-0.15, -0.1) is 11.3 Å². The van der Waals surface area contributed by atoms with Crippen molar-refractivity contribution in [3.8, 4) is 0 Å². The molecule has 1 aromatic carbocycles. The van der Waals surface area contributed by atoms with E-state index in [1.165, 1.54) is 15.8 Å².